The Labute approximate surface area is 161 Å². The van der Waals surface area contributed by atoms with Crippen LogP contribution in [-0.2, 0) is 14.3 Å². The molecule has 2 rings (SSSR count). The minimum atomic E-state index is -0.446. The highest BCUT2D eigenvalue weighted by Crippen LogP contribution is 2.27. The average molecular weight is 421 g/mol. The minimum Gasteiger partial charge on any atom is -0.481 e. The number of carbonyl (C=O) groups is 2. The number of hydrogen-bond acceptors (Lipinski definition) is 5. The lowest BCUT2D eigenvalue weighted by molar-refractivity contribution is -0.145. The smallest absolute Gasteiger partial charge is 0.344 e. The molecule has 7 heteroatoms. The second-order valence-electron chi connectivity index (χ2n) is 5.91. The van der Waals surface area contributed by atoms with Crippen LogP contribution >= 0.6 is 15.9 Å². The van der Waals surface area contributed by atoms with E-state index >= 15 is 0 Å². The van der Waals surface area contributed by atoms with Gasteiger partial charge in [-0.25, -0.2) is 4.79 Å². The molecule has 0 heterocycles. The molecule has 26 heavy (non-hydrogen) atoms. The monoisotopic (exact) mass is 420 g/mol. The number of ether oxygens (including phenoxy) is 2. The first kappa shape index (κ1) is 20.0. The van der Waals surface area contributed by atoms with Gasteiger partial charge in [-0.1, -0.05) is 18.9 Å². The summed E-state index contributed by atoms with van der Waals surface area (Å²) in [5, 5.41) is 12.2. The SMILES string of the molecule is CCOC(=O)COc1ccc(/C=C(/C#N)C(=O)NC2CCCC2)cc1Br. The van der Waals surface area contributed by atoms with E-state index in [1.54, 1.807) is 25.1 Å². The van der Waals surface area contributed by atoms with Gasteiger partial charge in [-0.15, -0.1) is 0 Å². The van der Waals surface area contributed by atoms with Crippen molar-refractivity contribution in [3.8, 4) is 11.8 Å². The maximum Gasteiger partial charge on any atom is 0.344 e. The maximum absolute atomic E-state index is 12.2. The molecule has 1 amide bonds. The fourth-order valence-corrected chi connectivity index (χ4v) is 3.22. The van der Waals surface area contributed by atoms with Gasteiger partial charge < -0.3 is 14.8 Å². The number of nitrogens with zero attached hydrogens (tertiary/aromatic N) is 1. The number of nitrogens with one attached hydrogen (secondary N) is 1. The van der Waals surface area contributed by atoms with Crippen molar-refractivity contribution in [1.82, 2.24) is 5.32 Å². The van der Waals surface area contributed by atoms with Crippen molar-refractivity contribution in [3.05, 3.63) is 33.8 Å². The highest BCUT2D eigenvalue weighted by Gasteiger charge is 2.19. The van der Waals surface area contributed by atoms with Crippen LogP contribution in [0.2, 0.25) is 0 Å². The van der Waals surface area contributed by atoms with E-state index < -0.39 is 5.97 Å². The highest BCUT2D eigenvalue weighted by molar-refractivity contribution is 9.10. The van der Waals surface area contributed by atoms with E-state index in [0.717, 1.165) is 25.7 Å². The average Bonchev–Trinajstić information content (AvgIpc) is 3.12. The zero-order valence-corrected chi connectivity index (χ0v) is 16.2. The van der Waals surface area contributed by atoms with Crippen LogP contribution in [0.25, 0.3) is 6.08 Å². The predicted molar refractivity (Wildman–Crippen MR) is 100 cm³/mol. The summed E-state index contributed by atoms with van der Waals surface area (Å²) in [7, 11) is 0. The van der Waals surface area contributed by atoms with E-state index in [9.17, 15) is 14.9 Å². The molecule has 0 aromatic heterocycles. The summed E-state index contributed by atoms with van der Waals surface area (Å²) in [6.45, 7) is 1.84. The normalized spacial score (nSPS) is 14.6. The molecule has 1 aliphatic rings. The van der Waals surface area contributed by atoms with Crippen LogP contribution in [0.1, 0.15) is 38.2 Å². The molecule has 0 bridgehead atoms. The molecule has 1 N–H and O–H groups in total. The predicted octanol–water partition coefficient (Wildman–Crippen LogP) is 3.36. The zero-order valence-electron chi connectivity index (χ0n) is 14.6. The Balaban J connectivity index is 2.03. The number of rotatable bonds is 7. The molecule has 138 valence electrons. The van der Waals surface area contributed by atoms with Crippen LogP contribution in [0, 0.1) is 11.3 Å². The van der Waals surface area contributed by atoms with Gasteiger partial charge in [0.05, 0.1) is 11.1 Å². The maximum atomic E-state index is 12.2. The van der Waals surface area contributed by atoms with Crippen molar-refractivity contribution in [2.75, 3.05) is 13.2 Å². The van der Waals surface area contributed by atoms with Gasteiger partial charge in [0.25, 0.3) is 5.91 Å². The van der Waals surface area contributed by atoms with E-state index in [1.807, 2.05) is 6.07 Å². The quantitative estimate of drug-likeness (QED) is 0.415. The van der Waals surface area contributed by atoms with Gasteiger partial charge >= 0.3 is 5.97 Å². The third kappa shape index (κ3) is 5.88. The summed E-state index contributed by atoms with van der Waals surface area (Å²) in [6, 6.07) is 7.21. The molecular weight excluding hydrogens is 400 g/mol. The second-order valence-corrected chi connectivity index (χ2v) is 6.76. The molecule has 0 unspecified atom stereocenters. The van der Waals surface area contributed by atoms with Crippen LogP contribution in [0.3, 0.4) is 0 Å². The third-order valence-electron chi connectivity index (χ3n) is 3.97. The Morgan fingerprint density at radius 2 is 2.12 bits per heavy atom. The van der Waals surface area contributed by atoms with Crippen molar-refractivity contribution in [2.45, 2.75) is 38.6 Å². The van der Waals surface area contributed by atoms with Gasteiger partial charge in [-0.2, -0.15) is 5.26 Å². The standard InChI is InChI=1S/C19H21BrN2O4/c1-2-25-18(23)12-26-17-8-7-13(10-16(17)20)9-14(11-21)19(24)22-15-5-3-4-6-15/h7-10,15H,2-6,12H2,1H3,(H,22,24)/b14-9-. The summed E-state index contributed by atoms with van der Waals surface area (Å²) >= 11 is 3.37. The summed E-state index contributed by atoms with van der Waals surface area (Å²) in [4.78, 5) is 23.6. The van der Waals surface area contributed by atoms with E-state index in [1.165, 1.54) is 6.08 Å². The molecule has 0 aliphatic heterocycles. The Bertz CT molecular complexity index is 734. The van der Waals surface area contributed by atoms with Gasteiger partial charge in [0.2, 0.25) is 0 Å². The van der Waals surface area contributed by atoms with Crippen molar-refractivity contribution >= 4 is 33.9 Å². The number of nitriles is 1. The van der Waals surface area contributed by atoms with E-state index in [4.69, 9.17) is 9.47 Å². The Morgan fingerprint density at radius 1 is 1.38 bits per heavy atom. The van der Waals surface area contributed by atoms with Crippen molar-refractivity contribution < 1.29 is 19.1 Å². The van der Waals surface area contributed by atoms with Gasteiger partial charge in [-0.3, -0.25) is 4.79 Å². The van der Waals surface area contributed by atoms with Crippen molar-refractivity contribution in [1.29, 1.82) is 5.26 Å². The van der Waals surface area contributed by atoms with E-state index in [0.29, 0.717) is 22.4 Å². The molecule has 0 saturated heterocycles. The number of esters is 1. The third-order valence-corrected chi connectivity index (χ3v) is 4.59. The van der Waals surface area contributed by atoms with Crippen LogP contribution in [0.15, 0.2) is 28.2 Å². The zero-order chi connectivity index (χ0) is 18.9. The van der Waals surface area contributed by atoms with Gasteiger partial charge in [0.15, 0.2) is 6.61 Å². The molecule has 1 aromatic carbocycles. The molecule has 0 spiro atoms. The Hall–Kier alpha value is -2.33. The number of hydrogen-bond donors (Lipinski definition) is 1. The summed E-state index contributed by atoms with van der Waals surface area (Å²) < 4.78 is 10.8. The topological polar surface area (TPSA) is 88.4 Å². The van der Waals surface area contributed by atoms with Gasteiger partial charge in [0.1, 0.15) is 17.4 Å². The van der Waals surface area contributed by atoms with E-state index in [-0.39, 0.29) is 24.1 Å². The molecule has 1 fully saturated rings. The lowest BCUT2D eigenvalue weighted by Gasteiger charge is -2.11. The largest absolute Gasteiger partial charge is 0.481 e. The molecule has 1 saturated carbocycles. The summed E-state index contributed by atoms with van der Waals surface area (Å²) in [5.41, 5.74) is 0.738. The second kappa shape index (κ2) is 9.97. The van der Waals surface area contributed by atoms with Crippen LogP contribution in [0.4, 0.5) is 0 Å². The molecular formula is C19H21BrN2O4. The van der Waals surface area contributed by atoms with Crippen LogP contribution < -0.4 is 10.1 Å². The van der Waals surface area contributed by atoms with Crippen LogP contribution in [-0.4, -0.2) is 31.1 Å². The van der Waals surface area contributed by atoms with Crippen molar-refractivity contribution in [2.24, 2.45) is 0 Å². The summed E-state index contributed by atoms with van der Waals surface area (Å²) in [6.07, 6.45) is 5.67. The van der Waals surface area contributed by atoms with E-state index in [2.05, 4.69) is 21.2 Å². The first-order chi connectivity index (χ1) is 12.5. The van der Waals surface area contributed by atoms with Gasteiger partial charge in [0, 0.05) is 6.04 Å². The lowest BCUT2D eigenvalue weighted by atomic mass is 10.1. The number of halogens is 1. The highest BCUT2D eigenvalue weighted by atomic mass is 79.9. The first-order valence-electron chi connectivity index (χ1n) is 8.54. The molecule has 0 atom stereocenters. The minimum absolute atomic E-state index is 0.0593. The Kier molecular flexibility index (Phi) is 7.67. The fourth-order valence-electron chi connectivity index (χ4n) is 2.71. The fraction of sp³-hybridized carbons (Fsp3) is 0.421. The Morgan fingerprint density at radius 3 is 2.73 bits per heavy atom. The molecule has 1 aliphatic carbocycles. The molecule has 1 aromatic rings. The molecule has 0 radical (unpaired) electrons. The number of benzene rings is 1. The number of amides is 1. The van der Waals surface area contributed by atoms with Crippen molar-refractivity contribution in [3.63, 3.8) is 0 Å². The molecule has 6 nitrogen and oxygen atoms in total. The first-order valence-corrected chi connectivity index (χ1v) is 9.33. The van der Waals surface area contributed by atoms with Gasteiger partial charge in [-0.05, 0) is 59.5 Å². The lowest BCUT2D eigenvalue weighted by Crippen LogP contribution is -2.33. The number of carbonyl (C=O) groups excluding carboxylic acids is 2. The van der Waals surface area contributed by atoms with Crippen LogP contribution in [0.5, 0.6) is 5.75 Å². The summed E-state index contributed by atoms with van der Waals surface area (Å²) in [5.74, 6) is -0.319.